The van der Waals surface area contributed by atoms with Gasteiger partial charge in [0.2, 0.25) is 0 Å². The molecule has 3 heteroatoms. The molecule has 0 unspecified atom stereocenters. The Morgan fingerprint density at radius 2 is 0.881 bits per heavy atom. The van der Waals surface area contributed by atoms with Crippen molar-refractivity contribution in [2.24, 2.45) is 0 Å². The van der Waals surface area contributed by atoms with Crippen LogP contribution in [-0.2, 0) is 6.42 Å². The summed E-state index contributed by atoms with van der Waals surface area (Å²) in [5.41, 5.74) is 0.925. The van der Waals surface area contributed by atoms with Crippen LogP contribution in [0.15, 0.2) is 24.3 Å². The van der Waals surface area contributed by atoms with E-state index in [2.05, 4.69) is 19.1 Å². The van der Waals surface area contributed by atoms with Gasteiger partial charge in [-0.1, -0.05) is 160 Å². The van der Waals surface area contributed by atoms with Gasteiger partial charge in [-0.15, -0.1) is 0 Å². The highest BCUT2D eigenvalue weighted by Crippen LogP contribution is 2.35. The maximum absolute atomic E-state index is 10.3. The zero-order chi connectivity index (χ0) is 30.4. The zero-order valence-corrected chi connectivity index (χ0v) is 28.4. The van der Waals surface area contributed by atoms with E-state index in [9.17, 15) is 5.11 Å². The number of benzene rings is 1. The van der Waals surface area contributed by atoms with Crippen molar-refractivity contribution in [2.75, 3.05) is 14.2 Å². The molecule has 0 heterocycles. The van der Waals surface area contributed by atoms with Crippen LogP contribution < -0.4 is 9.47 Å². The van der Waals surface area contributed by atoms with Crippen LogP contribution >= 0.6 is 0 Å². The van der Waals surface area contributed by atoms with Gasteiger partial charge >= 0.3 is 0 Å². The van der Waals surface area contributed by atoms with Gasteiger partial charge in [-0.25, -0.2) is 0 Å². The second-order valence-corrected chi connectivity index (χ2v) is 12.6. The van der Waals surface area contributed by atoms with E-state index in [4.69, 9.17) is 9.47 Å². The number of hydrogen-bond donors (Lipinski definition) is 1. The first-order valence-electron chi connectivity index (χ1n) is 18.3. The molecular weight excluding hydrogens is 516 g/mol. The van der Waals surface area contributed by atoms with Gasteiger partial charge in [0.25, 0.3) is 0 Å². The Labute approximate surface area is 262 Å². The van der Waals surface area contributed by atoms with Crippen LogP contribution in [0.5, 0.6) is 17.2 Å². The molecular formula is C39H70O3. The summed E-state index contributed by atoms with van der Waals surface area (Å²) in [7, 11) is 3.23. The Kier molecular flexibility index (Phi) is 26.9. The molecule has 1 N–H and O–H groups in total. The summed E-state index contributed by atoms with van der Waals surface area (Å²) in [4.78, 5) is 0. The number of aromatic hydroxyl groups is 1. The van der Waals surface area contributed by atoms with Crippen LogP contribution in [0, 0.1) is 0 Å². The monoisotopic (exact) mass is 587 g/mol. The van der Waals surface area contributed by atoms with E-state index in [0.717, 1.165) is 24.2 Å². The summed E-state index contributed by atoms with van der Waals surface area (Å²) < 4.78 is 10.6. The highest BCUT2D eigenvalue weighted by molar-refractivity contribution is 5.50. The van der Waals surface area contributed by atoms with Gasteiger partial charge in [-0.3, -0.25) is 0 Å². The molecule has 0 spiro atoms. The Balaban J connectivity index is 1.76. The van der Waals surface area contributed by atoms with Crippen LogP contribution in [0.1, 0.15) is 186 Å². The third-order valence-electron chi connectivity index (χ3n) is 8.79. The summed E-state index contributed by atoms with van der Waals surface area (Å²) in [5.74, 6) is 1.50. The standard InChI is InChI=1S/C39H70O3/c1-4-5-6-7-8-9-10-11-12-13-14-15-16-17-18-19-20-21-22-23-24-25-26-27-28-29-30-31-32-33-36-34-37(41-2)35-38(42-3)39(36)40/h11-12,34-35,40H,4-10,13-33H2,1-3H3/b12-11-. The number of phenolic OH excluding ortho intramolecular Hbond substituents is 1. The number of aryl methyl sites for hydroxylation is 1. The van der Waals surface area contributed by atoms with Crippen molar-refractivity contribution in [3.63, 3.8) is 0 Å². The van der Waals surface area contributed by atoms with Crippen molar-refractivity contribution >= 4 is 0 Å². The fourth-order valence-electron chi connectivity index (χ4n) is 5.96. The van der Waals surface area contributed by atoms with Gasteiger partial charge in [0.05, 0.1) is 14.2 Å². The fourth-order valence-corrected chi connectivity index (χ4v) is 5.96. The second-order valence-electron chi connectivity index (χ2n) is 12.6. The summed E-state index contributed by atoms with van der Waals surface area (Å²) in [5, 5.41) is 10.3. The van der Waals surface area contributed by atoms with Crippen LogP contribution in [0.25, 0.3) is 0 Å². The van der Waals surface area contributed by atoms with Gasteiger partial charge < -0.3 is 14.6 Å². The Morgan fingerprint density at radius 3 is 1.26 bits per heavy atom. The Bertz CT molecular complexity index is 741. The number of hydrogen-bond acceptors (Lipinski definition) is 3. The number of phenols is 1. The first-order valence-corrected chi connectivity index (χ1v) is 18.3. The molecule has 0 fully saturated rings. The van der Waals surface area contributed by atoms with Gasteiger partial charge in [0.1, 0.15) is 5.75 Å². The van der Waals surface area contributed by atoms with E-state index in [1.807, 2.05) is 6.07 Å². The van der Waals surface area contributed by atoms with Crippen LogP contribution in [0.4, 0.5) is 0 Å². The molecule has 244 valence electrons. The van der Waals surface area contributed by atoms with Crippen LogP contribution in [-0.4, -0.2) is 19.3 Å². The van der Waals surface area contributed by atoms with E-state index in [-0.39, 0.29) is 5.75 Å². The molecule has 3 nitrogen and oxygen atoms in total. The number of allylic oxidation sites excluding steroid dienone is 2. The topological polar surface area (TPSA) is 38.7 Å². The predicted octanol–water partition coefficient (Wildman–Crippen LogP) is 13.1. The summed E-state index contributed by atoms with van der Waals surface area (Å²) in [6.07, 6.45) is 43.1. The minimum Gasteiger partial charge on any atom is -0.504 e. The maximum Gasteiger partial charge on any atom is 0.164 e. The quantitative estimate of drug-likeness (QED) is 0.0694. The molecule has 0 aliphatic rings. The van der Waals surface area contributed by atoms with E-state index >= 15 is 0 Å². The van der Waals surface area contributed by atoms with Crippen molar-refractivity contribution in [1.82, 2.24) is 0 Å². The fraction of sp³-hybridized carbons (Fsp3) is 0.795. The van der Waals surface area contributed by atoms with E-state index < -0.39 is 0 Å². The molecule has 0 amide bonds. The number of methoxy groups -OCH3 is 2. The third kappa shape index (κ3) is 22.0. The minimum absolute atomic E-state index is 0.261. The second kappa shape index (κ2) is 29.4. The number of unbranched alkanes of at least 4 members (excludes halogenated alkanes) is 25. The van der Waals surface area contributed by atoms with Gasteiger partial charge in [0.15, 0.2) is 11.5 Å². The lowest BCUT2D eigenvalue weighted by Gasteiger charge is -2.11. The molecule has 0 aliphatic carbocycles. The molecule has 0 radical (unpaired) electrons. The maximum atomic E-state index is 10.3. The van der Waals surface area contributed by atoms with E-state index in [1.54, 1.807) is 20.3 Å². The highest BCUT2D eigenvalue weighted by Gasteiger charge is 2.10. The normalized spacial score (nSPS) is 11.5. The van der Waals surface area contributed by atoms with E-state index in [0.29, 0.717) is 5.75 Å². The molecule has 0 saturated heterocycles. The smallest absolute Gasteiger partial charge is 0.164 e. The van der Waals surface area contributed by atoms with Crippen LogP contribution in [0.2, 0.25) is 0 Å². The van der Waals surface area contributed by atoms with E-state index in [1.165, 1.54) is 167 Å². The zero-order valence-electron chi connectivity index (χ0n) is 28.4. The summed E-state index contributed by atoms with van der Waals surface area (Å²) >= 11 is 0. The van der Waals surface area contributed by atoms with Crippen LogP contribution in [0.3, 0.4) is 0 Å². The highest BCUT2D eigenvalue weighted by atomic mass is 16.5. The van der Waals surface area contributed by atoms with Gasteiger partial charge in [-0.2, -0.15) is 0 Å². The lowest BCUT2D eigenvalue weighted by Crippen LogP contribution is -1.94. The lowest BCUT2D eigenvalue weighted by atomic mass is 10.0. The first kappa shape index (κ1) is 38.4. The average molecular weight is 587 g/mol. The molecule has 0 aromatic heterocycles. The molecule has 1 aromatic carbocycles. The molecule has 1 rings (SSSR count). The number of rotatable bonds is 31. The Hall–Kier alpha value is -1.64. The molecule has 0 saturated carbocycles. The molecule has 0 atom stereocenters. The lowest BCUT2D eigenvalue weighted by molar-refractivity contribution is 0.360. The van der Waals surface area contributed by atoms with Crippen molar-refractivity contribution in [1.29, 1.82) is 0 Å². The largest absolute Gasteiger partial charge is 0.504 e. The molecule has 0 bridgehead atoms. The third-order valence-corrected chi connectivity index (χ3v) is 8.79. The van der Waals surface area contributed by atoms with Crippen molar-refractivity contribution in [3.8, 4) is 17.2 Å². The predicted molar refractivity (Wildman–Crippen MR) is 184 cm³/mol. The van der Waals surface area contributed by atoms with Gasteiger partial charge in [0, 0.05) is 11.6 Å². The number of ether oxygens (including phenoxy) is 2. The first-order chi connectivity index (χ1) is 20.7. The summed E-state index contributed by atoms with van der Waals surface area (Å²) in [6.45, 7) is 2.29. The van der Waals surface area contributed by atoms with Crippen molar-refractivity contribution in [2.45, 2.75) is 187 Å². The Morgan fingerprint density at radius 1 is 0.500 bits per heavy atom. The minimum atomic E-state index is 0.261. The van der Waals surface area contributed by atoms with Crippen molar-refractivity contribution in [3.05, 3.63) is 29.8 Å². The SMILES string of the molecule is CCCCCCCC/C=C\CCCCCCCCCCCCCCCCCCCCCc1cc(OC)cc(OC)c1O. The molecule has 42 heavy (non-hydrogen) atoms. The molecule has 0 aliphatic heterocycles. The molecule has 1 aromatic rings. The van der Waals surface area contributed by atoms with Gasteiger partial charge in [-0.05, 0) is 44.6 Å². The average Bonchev–Trinajstić information content (AvgIpc) is 3.01. The summed E-state index contributed by atoms with van der Waals surface area (Å²) in [6, 6.07) is 3.66. The van der Waals surface area contributed by atoms with Crippen molar-refractivity contribution < 1.29 is 14.6 Å².